The molecule has 0 amide bonds. The smallest absolute Gasteiger partial charge is 0.484 e. The summed E-state index contributed by atoms with van der Waals surface area (Å²) in [6.45, 7) is 2.03. The maximum absolute atomic E-state index is 5.65. The molecule has 0 aromatic rings. The first-order valence-corrected chi connectivity index (χ1v) is 4.82. The molecule has 3 fully saturated rings. The molecule has 1 spiro atoms. The standard InChI is InChI=1S/C7H14BNO3/c1-2-7-6-12-8(9(7)3-1)10-4-5-11-8/h7,9H,1-6H2/t7-/m0/s1. The van der Waals surface area contributed by atoms with Crippen LogP contribution in [0.3, 0.4) is 0 Å². The largest absolute Gasteiger partial charge is 0.624 e. The minimum atomic E-state index is -1.36. The van der Waals surface area contributed by atoms with E-state index in [0.717, 1.165) is 13.2 Å². The van der Waals surface area contributed by atoms with E-state index < -0.39 is 6.89 Å². The van der Waals surface area contributed by atoms with Crippen molar-refractivity contribution in [3.63, 3.8) is 0 Å². The summed E-state index contributed by atoms with van der Waals surface area (Å²) in [5, 5.41) is 0. The van der Waals surface area contributed by atoms with E-state index in [0.29, 0.717) is 19.3 Å². The van der Waals surface area contributed by atoms with Crippen LogP contribution >= 0.6 is 0 Å². The van der Waals surface area contributed by atoms with Crippen molar-refractivity contribution in [2.45, 2.75) is 18.9 Å². The first-order valence-electron chi connectivity index (χ1n) is 4.82. The average Bonchev–Trinajstić information content (AvgIpc) is 2.76. The van der Waals surface area contributed by atoms with Gasteiger partial charge in [-0.25, -0.2) is 0 Å². The highest BCUT2D eigenvalue weighted by atomic mass is 16.8. The molecule has 3 saturated heterocycles. The van der Waals surface area contributed by atoms with Crippen molar-refractivity contribution in [1.82, 2.24) is 0 Å². The van der Waals surface area contributed by atoms with Gasteiger partial charge in [0, 0.05) is 26.2 Å². The molecule has 3 aliphatic heterocycles. The molecule has 4 nitrogen and oxygen atoms in total. The van der Waals surface area contributed by atoms with Crippen molar-refractivity contribution < 1.29 is 18.8 Å². The van der Waals surface area contributed by atoms with E-state index in [1.807, 2.05) is 0 Å². The van der Waals surface area contributed by atoms with Crippen molar-refractivity contribution in [2.75, 3.05) is 26.4 Å². The molecule has 1 unspecified atom stereocenters. The molecular weight excluding hydrogens is 157 g/mol. The van der Waals surface area contributed by atoms with Crippen molar-refractivity contribution in [3.05, 3.63) is 0 Å². The summed E-state index contributed by atoms with van der Waals surface area (Å²) in [7, 11) is 0. The predicted molar refractivity (Wildman–Crippen MR) is 42.5 cm³/mol. The maximum atomic E-state index is 5.65. The van der Waals surface area contributed by atoms with Gasteiger partial charge in [0.25, 0.3) is 0 Å². The Hall–Kier alpha value is -0.0951. The van der Waals surface area contributed by atoms with E-state index in [9.17, 15) is 0 Å². The van der Waals surface area contributed by atoms with Gasteiger partial charge in [0.15, 0.2) is 0 Å². The van der Waals surface area contributed by atoms with Gasteiger partial charge in [-0.1, -0.05) is 0 Å². The lowest BCUT2D eigenvalue weighted by molar-refractivity contribution is -0.819. The Morgan fingerprint density at radius 1 is 1.17 bits per heavy atom. The van der Waals surface area contributed by atoms with E-state index in [1.54, 1.807) is 0 Å². The normalized spacial score (nSPS) is 44.0. The Labute approximate surface area is 71.8 Å². The molecule has 0 radical (unpaired) electrons. The molecule has 12 heavy (non-hydrogen) atoms. The molecule has 3 heterocycles. The molecule has 0 aromatic heterocycles. The van der Waals surface area contributed by atoms with Crippen LogP contribution in [0.4, 0.5) is 0 Å². The monoisotopic (exact) mass is 171 g/mol. The molecule has 5 heteroatoms. The van der Waals surface area contributed by atoms with Crippen molar-refractivity contribution >= 4 is 6.89 Å². The lowest BCUT2D eigenvalue weighted by atomic mass is 9.95. The Morgan fingerprint density at radius 2 is 2.00 bits per heavy atom. The van der Waals surface area contributed by atoms with Gasteiger partial charge in [-0.15, -0.1) is 0 Å². The highest BCUT2D eigenvalue weighted by Crippen LogP contribution is 2.19. The lowest BCUT2D eigenvalue weighted by Crippen LogP contribution is -3.22. The van der Waals surface area contributed by atoms with Crippen molar-refractivity contribution in [1.29, 1.82) is 0 Å². The highest BCUT2D eigenvalue weighted by molar-refractivity contribution is 6.52. The second kappa shape index (κ2) is 2.45. The van der Waals surface area contributed by atoms with Gasteiger partial charge in [-0.2, -0.15) is 0 Å². The summed E-state index contributed by atoms with van der Waals surface area (Å²) < 4.78 is 16.8. The zero-order valence-corrected chi connectivity index (χ0v) is 7.12. The van der Waals surface area contributed by atoms with E-state index >= 15 is 0 Å². The fourth-order valence-electron chi connectivity index (χ4n) is 2.71. The van der Waals surface area contributed by atoms with Crippen LogP contribution in [0.5, 0.6) is 0 Å². The zero-order chi connectivity index (χ0) is 8.02. The Morgan fingerprint density at radius 3 is 2.83 bits per heavy atom. The SMILES string of the molecule is C1C[C@H]2CO[B-]3(OCCO3)[NH+]2C1. The number of nitrogens with one attached hydrogen (secondary N) is 1. The first-order chi connectivity index (χ1) is 5.91. The highest BCUT2D eigenvalue weighted by Gasteiger charge is 2.56. The van der Waals surface area contributed by atoms with E-state index in [2.05, 4.69) is 0 Å². The zero-order valence-electron chi connectivity index (χ0n) is 7.12. The second-order valence-electron chi connectivity index (χ2n) is 3.88. The Balaban J connectivity index is 1.86. The van der Waals surface area contributed by atoms with Gasteiger partial charge >= 0.3 is 6.89 Å². The molecule has 3 aliphatic rings. The third kappa shape index (κ3) is 0.822. The molecule has 1 N–H and O–H groups in total. The van der Waals surface area contributed by atoms with E-state index in [1.165, 1.54) is 17.7 Å². The topological polar surface area (TPSA) is 32.1 Å². The first kappa shape index (κ1) is 7.32. The summed E-state index contributed by atoms with van der Waals surface area (Å²) in [5.41, 5.74) is 0. The summed E-state index contributed by atoms with van der Waals surface area (Å²) in [4.78, 5) is 1.42. The van der Waals surface area contributed by atoms with Crippen LogP contribution in [0, 0.1) is 0 Å². The van der Waals surface area contributed by atoms with Crippen LogP contribution < -0.4 is 4.81 Å². The van der Waals surface area contributed by atoms with Gasteiger partial charge in [0.05, 0.1) is 12.6 Å². The van der Waals surface area contributed by atoms with Gasteiger partial charge < -0.3 is 18.8 Å². The fourth-order valence-corrected chi connectivity index (χ4v) is 2.71. The number of hydrogen-bond donors (Lipinski definition) is 1. The van der Waals surface area contributed by atoms with Crippen LogP contribution in [0.1, 0.15) is 12.8 Å². The average molecular weight is 171 g/mol. The molecular formula is C7H14BNO3. The molecule has 68 valence electrons. The summed E-state index contributed by atoms with van der Waals surface area (Å²) in [6, 6.07) is 0.642. The minimum Gasteiger partial charge on any atom is -0.484 e. The summed E-state index contributed by atoms with van der Waals surface area (Å²) in [5.74, 6) is 0. The number of quaternary nitrogens is 1. The second-order valence-corrected chi connectivity index (χ2v) is 3.88. The third-order valence-corrected chi connectivity index (χ3v) is 3.27. The number of hydrogen-bond acceptors (Lipinski definition) is 3. The van der Waals surface area contributed by atoms with Crippen molar-refractivity contribution in [2.24, 2.45) is 0 Å². The van der Waals surface area contributed by atoms with E-state index in [4.69, 9.17) is 14.0 Å². The van der Waals surface area contributed by atoms with Crippen LogP contribution in [0.15, 0.2) is 0 Å². The summed E-state index contributed by atoms with van der Waals surface area (Å²) in [6.07, 6.45) is 2.56. The van der Waals surface area contributed by atoms with E-state index in [-0.39, 0.29) is 0 Å². The quantitative estimate of drug-likeness (QED) is 0.452. The van der Waals surface area contributed by atoms with Crippen LogP contribution in [0.2, 0.25) is 0 Å². The third-order valence-electron chi connectivity index (χ3n) is 3.27. The molecule has 0 aliphatic carbocycles. The lowest BCUT2D eigenvalue weighted by Gasteiger charge is -2.32. The fraction of sp³-hybridized carbons (Fsp3) is 1.00. The van der Waals surface area contributed by atoms with Crippen LogP contribution in [-0.2, 0) is 14.0 Å². The van der Waals surface area contributed by atoms with Gasteiger partial charge in [-0.3, -0.25) is 0 Å². The van der Waals surface area contributed by atoms with Gasteiger partial charge in [-0.05, 0) is 6.42 Å². The number of rotatable bonds is 0. The Bertz CT molecular complexity index is 195. The molecule has 0 aromatic carbocycles. The van der Waals surface area contributed by atoms with Gasteiger partial charge in [0.1, 0.15) is 0 Å². The predicted octanol–water partition coefficient (Wildman–Crippen LogP) is -1.45. The Kier molecular flexibility index (Phi) is 1.49. The van der Waals surface area contributed by atoms with Crippen molar-refractivity contribution in [3.8, 4) is 0 Å². The van der Waals surface area contributed by atoms with Crippen LogP contribution in [-0.4, -0.2) is 39.3 Å². The molecule has 2 atom stereocenters. The number of fused-ring (bicyclic) bond motifs is 2. The maximum Gasteiger partial charge on any atom is 0.624 e. The minimum absolute atomic E-state index is 0.642. The van der Waals surface area contributed by atoms with Crippen LogP contribution in [0.25, 0.3) is 0 Å². The van der Waals surface area contributed by atoms with Gasteiger partial charge in [0.2, 0.25) is 0 Å². The molecule has 3 rings (SSSR count). The molecule has 0 bridgehead atoms. The molecule has 0 saturated carbocycles. The summed E-state index contributed by atoms with van der Waals surface area (Å²) >= 11 is 0.